The number of rotatable bonds is 6. The average molecular weight is 296 g/mol. The average Bonchev–Trinajstić information content (AvgIpc) is 2.84. The van der Waals surface area contributed by atoms with Gasteiger partial charge < -0.3 is 5.32 Å². The lowest BCUT2D eigenvalue weighted by Gasteiger charge is -2.03. The normalized spacial score (nSPS) is 10.6. The summed E-state index contributed by atoms with van der Waals surface area (Å²) in [7, 11) is 0. The molecule has 0 aliphatic carbocycles. The van der Waals surface area contributed by atoms with E-state index in [9.17, 15) is 0 Å². The van der Waals surface area contributed by atoms with Crippen molar-refractivity contribution in [3.8, 4) is 0 Å². The molecule has 5 nitrogen and oxygen atoms in total. The molecule has 0 amide bonds. The van der Waals surface area contributed by atoms with Crippen molar-refractivity contribution in [1.82, 2.24) is 25.5 Å². The van der Waals surface area contributed by atoms with Gasteiger partial charge in [0.1, 0.15) is 12.2 Å². The third kappa shape index (κ3) is 4.24. The van der Waals surface area contributed by atoms with Crippen LogP contribution in [0.15, 0.2) is 29.1 Å². The summed E-state index contributed by atoms with van der Waals surface area (Å²) >= 11 is 3.36. The molecule has 0 radical (unpaired) electrons. The fraction of sp³-hybridized carbons (Fsp3) is 0.364. The second-order valence-electron chi connectivity index (χ2n) is 3.68. The number of hydrogen-bond donors (Lipinski definition) is 2. The molecule has 2 rings (SSSR count). The van der Waals surface area contributed by atoms with E-state index in [1.54, 1.807) is 0 Å². The van der Waals surface area contributed by atoms with Crippen molar-refractivity contribution in [2.75, 3.05) is 6.54 Å². The van der Waals surface area contributed by atoms with Gasteiger partial charge in [0.25, 0.3) is 0 Å². The molecule has 17 heavy (non-hydrogen) atoms. The lowest BCUT2D eigenvalue weighted by molar-refractivity contribution is 0.632. The zero-order valence-corrected chi connectivity index (χ0v) is 10.9. The maximum absolute atomic E-state index is 4.29. The van der Waals surface area contributed by atoms with Crippen LogP contribution in [0.2, 0.25) is 0 Å². The standard InChI is InChI=1S/C11H14BrN5/c12-9-3-4-10(14-6-9)7-13-5-1-2-11-15-8-16-17-11/h3-4,6,8,13H,1-2,5,7H2,(H,15,16,17). The van der Waals surface area contributed by atoms with Crippen LogP contribution in [0, 0.1) is 0 Å². The Hall–Kier alpha value is -1.27. The molecule has 0 saturated carbocycles. The number of pyridine rings is 1. The lowest BCUT2D eigenvalue weighted by Crippen LogP contribution is -2.16. The summed E-state index contributed by atoms with van der Waals surface area (Å²) in [6.07, 6.45) is 5.30. The molecule has 0 atom stereocenters. The molecule has 0 aliphatic heterocycles. The van der Waals surface area contributed by atoms with Gasteiger partial charge in [0.15, 0.2) is 0 Å². The number of nitrogens with one attached hydrogen (secondary N) is 2. The van der Waals surface area contributed by atoms with Crippen molar-refractivity contribution in [1.29, 1.82) is 0 Å². The minimum atomic E-state index is 0.795. The number of halogens is 1. The van der Waals surface area contributed by atoms with Crippen LogP contribution in [0.3, 0.4) is 0 Å². The summed E-state index contributed by atoms with van der Waals surface area (Å²) in [5.41, 5.74) is 1.05. The van der Waals surface area contributed by atoms with E-state index in [0.29, 0.717) is 0 Å². The van der Waals surface area contributed by atoms with Crippen molar-refractivity contribution in [3.63, 3.8) is 0 Å². The smallest absolute Gasteiger partial charge is 0.137 e. The van der Waals surface area contributed by atoms with Gasteiger partial charge in [0.05, 0.1) is 5.69 Å². The topological polar surface area (TPSA) is 66.5 Å². The van der Waals surface area contributed by atoms with Crippen LogP contribution in [0.1, 0.15) is 17.9 Å². The van der Waals surface area contributed by atoms with Gasteiger partial charge in [-0.15, -0.1) is 0 Å². The van der Waals surface area contributed by atoms with Gasteiger partial charge in [-0.05, 0) is 41.0 Å². The Morgan fingerprint density at radius 3 is 2.94 bits per heavy atom. The summed E-state index contributed by atoms with van der Waals surface area (Å²) in [6.45, 7) is 1.74. The molecule has 0 saturated heterocycles. The van der Waals surface area contributed by atoms with Gasteiger partial charge in [-0.3, -0.25) is 10.1 Å². The minimum absolute atomic E-state index is 0.795. The first-order valence-electron chi connectivity index (χ1n) is 5.50. The number of hydrogen-bond acceptors (Lipinski definition) is 4. The van der Waals surface area contributed by atoms with Crippen molar-refractivity contribution in [3.05, 3.63) is 40.6 Å². The number of aryl methyl sites for hydroxylation is 1. The van der Waals surface area contributed by atoms with Crippen molar-refractivity contribution in [2.24, 2.45) is 0 Å². The summed E-state index contributed by atoms with van der Waals surface area (Å²) in [5.74, 6) is 0.938. The van der Waals surface area contributed by atoms with E-state index in [0.717, 1.165) is 41.9 Å². The molecule has 90 valence electrons. The first-order chi connectivity index (χ1) is 8.34. The molecule has 2 aromatic heterocycles. The highest BCUT2D eigenvalue weighted by molar-refractivity contribution is 9.10. The third-order valence-electron chi connectivity index (χ3n) is 2.33. The van der Waals surface area contributed by atoms with Crippen LogP contribution >= 0.6 is 15.9 Å². The molecule has 0 aromatic carbocycles. The molecule has 0 spiro atoms. The molecule has 2 aromatic rings. The monoisotopic (exact) mass is 295 g/mol. The van der Waals surface area contributed by atoms with Crippen LogP contribution in [-0.4, -0.2) is 26.7 Å². The highest BCUT2D eigenvalue weighted by Gasteiger charge is 1.96. The zero-order valence-electron chi connectivity index (χ0n) is 9.36. The quantitative estimate of drug-likeness (QED) is 0.796. The van der Waals surface area contributed by atoms with E-state index in [2.05, 4.69) is 41.4 Å². The fourth-order valence-electron chi connectivity index (χ4n) is 1.46. The van der Waals surface area contributed by atoms with E-state index in [1.165, 1.54) is 6.33 Å². The summed E-state index contributed by atoms with van der Waals surface area (Å²) in [4.78, 5) is 8.36. The van der Waals surface area contributed by atoms with Crippen LogP contribution in [0.4, 0.5) is 0 Å². The first kappa shape index (κ1) is 12.2. The first-order valence-corrected chi connectivity index (χ1v) is 6.29. The van der Waals surface area contributed by atoms with Crippen LogP contribution in [-0.2, 0) is 13.0 Å². The Morgan fingerprint density at radius 2 is 2.24 bits per heavy atom. The van der Waals surface area contributed by atoms with Gasteiger partial charge in [-0.25, -0.2) is 4.98 Å². The van der Waals surface area contributed by atoms with Gasteiger partial charge in [-0.2, -0.15) is 5.10 Å². The zero-order chi connectivity index (χ0) is 11.9. The summed E-state index contributed by atoms with van der Waals surface area (Å²) in [5, 5.41) is 10.00. The van der Waals surface area contributed by atoms with E-state index >= 15 is 0 Å². The molecule has 0 bridgehead atoms. The fourth-order valence-corrected chi connectivity index (χ4v) is 1.69. The molecule has 2 N–H and O–H groups in total. The second kappa shape index (κ2) is 6.46. The number of H-pyrrole nitrogens is 1. The van der Waals surface area contributed by atoms with Crippen molar-refractivity contribution < 1.29 is 0 Å². The number of nitrogens with zero attached hydrogens (tertiary/aromatic N) is 3. The van der Waals surface area contributed by atoms with E-state index in [4.69, 9.17) is 0 Å². The van der Waals surface area contributed by atoms with E-state index in [1.807, 2.05) is 18.3 Å². The number of aromatic amines is 1. The van der Waals surface area contributed by atoms with Gasteiger partial charge in [-0.1, -0.05) is 0 Å². The van der Waals surface area contributed by atoms with Gasteiger partial charge >= 0.3 is 0 Å². The maximum atomic E-state index is 4.29. The highest BCUT2D eigenvalue weighted by atomic mass is 79.9. The van der Waals surface area contributed by atoms with Gasteiger partial charge in [0.2, 0.25) is 0 Å². The van der Waals surface area contributed by atoms with Crippen LogP contribution in [0.5, 0.6) is 0 Å². The molecule has 0 unspecified atom stereocenters. The predicted octanol–water partition coefficient (Wildman–Crippen LogP) is 1.68. The molecule has 6 heteroatoms. The summed E-state index contributed by atoms with van der Waals surface area (Å²) in [6, 6.07) is 4.01. The molecular formula is C11H14BrN5. The van der Waals surface area contributed by atoms with Crippen LogP contribution < -0.4 is 5.32 Å². The summed E-state index contributed by atoms with van der Waals surface area (Å²) < 4.78 is 1.01. The Labute approximate surface area is 108 Å². The molecule has 0 fully saturated rings. The van der Waals surface area contributed by atoms with Crippen molar-refractivity contribution >= 4 is 15.9 Å². The third-order valence-corrected chi connectivity index (χ3v) is 2.80. The van der Waals surface area contributed by atoms with E-state index in [-0.39, 0.29) is 0 Å². The molecule has 2 heterocycles. The Morgan fingerprint density at radius 1 is 1.29 bits per heavy atom. The Balaban J connectivity index is 1.61. The van der Waals surface area contributed by atoms with Crippen molar-refractivity contribution in [2.45, 2.75) is 19.4 Å². The highest BCUT2D eigenvalue weighted by Crippen LogP contribution is 2.06. The SMILES string of the molecule is Brc1ccc(CNCCCc2ncn[nH]2)nc1. The minimum Gasteiger partial charge on any atom is -0.311 e. The predicted molar refractivity (Wildman–Crippen MR) is 68.3 cm³/mol. The number of aromatic nitrogens is 4. The van der Waals surface area contributed by atoms with E-state index < -0.39 is 0 Å². The van der Waals surface area contributed by atoms with Crippen LogP contribution in [0.25, 0.3) is 0 Å². The second-order valence-corrected chi connectivity index (χ2v) is 4.60. The molecular weight excluding hydrogens is 282 g/mol. The Bertz CT molecular complexity index is 426. The Kier molecular flexibility index (Phi) is 4.63. The van der Waals surface area contributed by atoms with Gasteiger partial charge in [0, 0.05) is 23.6 Å². The largest absolute Gasteiger partial charge is 0.311 e. The lowest BCUT2D eigenvalue weighted by atomic mass is 10.3. The maximum Gasteiger partial charge on any atom is 0.137 e. The molecule has 0 aliphatic rings.